The standard InChI is InChI=1S/C11H9NO4S2.2Na/c13-9(14)5-8(10(15)16)18-11-12-6-3-1-2-4-7(6)17-11;;/h1-4,8H,5H2,(H,13,14)(H,15,16);;/q;2*+1/p-2. The topological polar surface area (TPSA) is 93.2 Å². The molecule has 0 N–H and O–H groups in total. The van der Waals surface area contributed by atoms with Gasteiger partial charge < -0.3 is 19.8 Å². The SMILES string of the molecule is O=C([O-])CC(Sc1nc2ccccc2s1)C(=O)[O-].[Na+].[Na+]. The van der Waals surface area contributed by atoms with Crippen molar-refractivity contribution in [2.24, 2.45) is 0 Å². The number of fused-ring (bicyclic) bond motifs is 1. The number of aliphatic carboxylic acids is 2. The number of carboxylic acid groups (broad SMARTS) is 2. The summed E-state index contributed by atoms with van der Waals surface area (Å²) in [5.74, 6) is -2.85. The van der Waals surface area contributed by atoms with Crippen LogP contribution in [-0.2, 0) is 9.59 Å². The maximum absolute atomic E-state index is 10.8. The van der Waals surface area contributed by atoms with Crippen LogP contribution in [0.5, 0.6) is 0 Å². The molecule has 0 aliphatic carbocycles. The molecule has 0 fully saturated rings. The number of carboxylic acids is 2. The average Bonchev–Trinajstić information content (AvgIpc) is 2.69. The minimum atomic E-state index is -1.43. The first-order valence-electron chi connectivity index (χ1n) is 4.99. The molecule has 0 aliphatic heterocycles. The summed E-state index contributed by atoms with van der Waals surface area (Å²) in [5, 5.41) is 20.1. The molecule has 1 aromatic heterocycles. The average molecular weight is 327 g/mol. The van der Waals surface area contributed by atoms with Gasteiger partial charge in [0.25, 0.3) is 0 Å². The molecule has 5 nitrogen and oxygen atoms in total. The van der Waals surface area contributed by atoms with E-state index >= 15 is 0 Å². The normalized spacial score (nSPS) is 11.2. The molecule has 1 unspecified atom stereocenters. The van der Waals surface area contributed by atoms with Gasteiger partial charge in [0.15, 0.2) is 4.34 Å². The van der Waals surface area contributed by atoms with Gasteiger partial charge in [-0.3, -0.25) is 0 Å². The van der Waals surface area contributed by atoms with Crippen LogP contribution in [0.25, 0.3) is 10.2 Å². The number of benzene rings is 1. The van der Waals surface area contributed by atoms with Crippen molar-refractivity contribution < 1.29 is 78.9 Å². The summed E-state index contributed by atoms with van der Waals surface area (Å²) in [6, 6.07) is 7.35. The summed E-state index contributed by atoms with van der Waals surface area (Å²) in [5.41, 5.74) is 0.760. The minimum absolute atomic E-state index is 0. The second kappa shape index (κ2) is 9.42. The zero-order valence-electron chi connectivity index (χ0n) is 11.0. The Bertz CT molecular complexity index is 572. The van der Waals surface area contributed by atoms with Gasteiger partial charge in [0, 0.05) is 12.4 Å². The molecule has 94 valence electrons. The van der Waals surface area contributed by atoms with Gasteiger partial charge in [0.05, 0.1) is 21.4 Å². The van der Waals surface area contributed by atoms with Gasteiger partial charge in [-0.25, -0.2) is 4.98 Å². The van der Waals surface area contributed by atoms with Crippen LogP contribution in [0.15, 0.2) is 28.6 Å². The third kappa shape index (κ3) is 5.65. The van der Waals surface area contributed by atoms with Crippen LogP contribution in [0.2, 0.25) is 0 Å². The van der Waals surface area contributed by atoms with E-state index in [0.717, 1.165) is 22.0 Å². The molecule has 2 aromatic rings. The van der Waals surface area contributed by atoms with E-state index in [1.807, 2.05) is 24.3 Å². The van der Waals surface area contributed by atoms with Gasteiger partial charge >= 0.3 is 59.1 Å². The largest absolute Gasteiger partial charge is 1.00 e. The Labute approximate surface area is 167 Å². The number of nitrogens with zero attached hydrogens (tertiary/aromatic N) is 1. The van der Waals surface area contributed by atoms with Gasteiger partial charge in [-0.15, -0.1) is 11.3 Å². The molecule has 0 amide bonds. The monoisotopic (exact) mass is 327 g/mol. The van der Waals surface area contributed by atoms with Crippen molar-refractivity contribution in [2.75, 3.05) is 0 Å². The Morgan fingerprint density at radius 1 is 1.25 bits per heavy atom. The van der Waals surface area contributed by atoms with Crippen LogP contribution in [0.3, 0.4) is 0 Å². The maximum atomic E-state index is 10.8. The van der Waals surface area contributed by atoms with Crippen LogP contribution < -0.4 is 69.3 Å². The molecule has 0 bridgehead atoms. The van der Waals surface area contributed by atoms with E-state index in [1.165, 1.54) is 11.3 Å². The van der Waals surface area contributed by atoms with E-state index < -0.39 is 23.6 Å². The van der Waals surface area contributed by atoms with Crippen molar-refractivity contribution in [1.82, 2.24) is 4.98 Å². The number of thioether (sulfide) groups is 1. The fourth-order valence-corrected chi connectivity index (χ4v) is 3.56. The first-order valence-corrected chi connectivity index (χ1v) is 6.69. The Balaban J connectivity index is 0.00000180. The molecule has 9 heteroatoms. The smallest absolute Gasteiger partial charge is 0.550 e. The molecule has 2 rings (SSSR count). The molecule has 0 aliphatic rings. The number of para-hydroxylation sites is 1. The quantitative estimate of drug-likeness (QED) is 0.401. The molecule has 0 spiro atoms. The van der Waals surface area contributed by atoms with E-state index in [-0.39, 0.29) is 59.1 Å². The van der Waals surface area contributed by atoms with Crippen LogP contribution >= 0.6 is 23.1 Å². The Kier molecular flexibility index (Phi) is 9.61. The van der Waals surface area contributed by atoms with E-state index in [1.54, 1.807) is 0 Å². The summed E-state index contributed by atoms with van der Waals surface area (Å²) in [7, 11) is 0. The van der Waals surface area contributed by atoms with Gasteiger partial charge in [-0.1, -0.05) is 23.9 Å². The number of thiazole rings is 1. The van der Waals surface area contributed by atoms with Crippen molar-refractivity contribution in [3.05, 3.63) is 24.3 Å². The minimum Gasteiger partial charge on any atom is -0.550 e. The van der Waals surface area contributed by atoms with Crippen molar-refractivity contribution in [2.45, 2.75) is 16.0 Å². The zero-order chi connectivity index (χ0) is 13.1. The van der Waals surface area contributed by atoms with E-state index in [2.05, 4.69) is 4.98 Å². The molecule has 1 heterocycles. The zero-order valence-corrected chi connectivity index (χ0v) is 16.6. The summed E-state index contributed by atoms with van der Waals surface area (Å²) in [4.78, 5) is 25.5. The van der Waals surface area contributed by atoms with Crippen LogP contribution in [0, 0.1) is 0 Å². The summed E-state index contributed by atoms with van der Waals surface area (Å²) in [6.07, 6.45) is -0.594. The molecule has 0 radical (unpaired) electrons. The number of hydrogen-bond acceptors (Lipinski definition) is 7. The molecule has 0 saturated carbocycles. The first-order chi connectivity index (χ1) is 8.56. The van der Waals surface area contributed by atoms with E-state index in [0.29, 0.717) is 4.34 Å². The second-order valence-corrected chi connectivity index (χ2v) is 5.93. The fraction of sp³-hybridized carbons (Fsp3) is 0.182. The van der Waals surface area contributed by atoms with Gasteiger partial charge in [-0.05, 0) is 12.1 Å². The summed E-state index contributed by atoms with van der Waals surface area (Å²) >= 11 is 2.19. The third-order valence-corrected chi connectivity index (χ3v) is 4.44. The molecule has 0 saturated heterocycles. The third-order valence-electron chi connectivity index (χ3n) is 2.13. The van der Waals surface area contributed by atoms with Gasteiger partial charge in [0.2, 0.25) is 0 Å². The van der Waals surface area contributed by atoms with Crippen LogP contribution in [0.1, 0.15) is 6.42 Å². The number of carbonyl (C=O) groups excluding carboxylic acids is 2. The molecule has 20 heavy (non-hydrogen) atoms. The Morgan fingerprint density at radius 3 is 2.45 bits per heavy atom. The van der Waals surface area contributed by atoms with Crippen LogP contribution in [-0.4, -0.2) is 22.2 Å². The number of rotatable bonds is 5. The maximum Gasteiger partial charge on any atom is 1.00 e. The molecule has 1 atom stereocenters. The molecule has 1 aromatic carbocycles. The summed E-state index contributed by atoms with van der Waals surface area (Å²) < 4.78 is 1.43. The van der Waals surface area contributed by atoms with Gasteiger partial charge in [-0.2, -0.15) is 0 Å². The predicted molar refractivity (Wildman–Crippen MR) is 63.9 cm³/mol. The van der Waals surface area contributed by atoms with Crippen molar-refractivity contribution >= 4 is 45.3 Å². The number of hydrogen-bond donors (Lipinski definition) is 0. The van der Waals surface area contributed by atoms with E-state index in [4.69, 9.17) is 0 Å². The van der Waals surface area contributed by atoms with Crippen LogP contribution in [0.4, 0.5) is 0 Å². The molecular weight excluding hydrogens is 320 g/mol. The van der Waals surface area contributed by atoms with Crippen molar-refractivity contribution in [3.8, 4) is 0 Å². The molecular formula is C11H7NNa2O4S2. The van der Waals surface area contributed by atoms with Gasteiger partial charge in [0.1, 0.15) is 0 Å². The van der Waals surface area contributed by atoms with Crippen molar-refractivity contribution in [1.29, 1.82) is 0 Å². The Morgan fingerprint density at radius 2 is 1.90 bits per heavy atom. The predicted octanol–water partition coefficient (Wildman–Crippen LogP) is -6.35. The number of aromatic nitrogens is 1. The number of carbonyl (C=O) groups is 2. The first kappa shape index (κ1) is 20.4. The Hall–Kier alpha value is 0.400. The second-order valence-electron chi connectivity index (χ2n) is 3.45. The van der Waals surface area contributed by atoms with Crippen molar-refractivity contribution in [3.63, 3.8) is 0 Å². The van der Waals surface area contributed by atoms with E-state index in [9.17, 15) is 19.8 Å². The summed E-state index contributed by atoms with van der Waals surface area (Å²) in [6.45, 7) is 0. The fourth-order valence-electron chi connectivity index (χ4n) is 1.35.